The van der Waals surface area contributed by atoms with Crippen LogP contribution in [0.3, 0.4) is 0 Å². The second-order valence-corrected chi connectivity index (χ2v) is 3.67. The number of aliphatic hydroxyl groups is 1. The van der Waals surface area contributed by atoms with Gasteiger partial charge in [0.05, 0.1) is 6.61 Å². The van der Waals surface area contributed by atoms with Crippen LogP contribution in [-0.4, -0.2) is 36.1 Å². The average Bonchev–Trinajstić information content (AvgIpc) is 2.26. The molecular weight excluding hydrogens is 209 g/mol. The maximum atomic E-state index is 12.8. The molecule has 0 unspecified atom stereocenters. The quantitative estimate of drug-likeness (QED) is 0.818. The second-order valence-electron chi connectivity index (χ2n) is 3.67. The Hall–Kier alpha value is -1.42. The molecule has 0 radical (unpaired) electrons. The van der Waals surface area contributed by atoms with E-state index in [-0.39, 0.29) is 18.3 Å². The summed E-state index contributed by atoms with van der Waals surface area (Å²) < 4.78 is 12.8. The van der Waals surface area contributed by atoms with Crippen molar-refractivity contribution in [2.75, 3.05) is 20.2 Å². The van der Waals surface area contributed by atoms with Crippen LogP contribution in [0.25, 0.3) is 0 Å². The van der Waals surface area contributed by atoms with Crippen LogP contribution in [0.1, 0.15) is 12.0 Å². The summed E-state index contributed by atoms with van der Waals surface area (Å²) in [6, 6.07) is 6.23. The number of carbonyl (C=O) groups excluding carboxylic acids is 1. The van der Waals surface area contributed by atoms with Crippen LogP contribution in [0.2, 0.25) is 0 Å². The van der Waals surface area contributed by atoms with Gasteiger partial charge in [0.15, 0.2) is 0 Å². The highest BCUT2D eigenvalue weighted by Crippen LogP contribution is 2.07. The van der Waals surface area contributed by atoms with E-state index in [2.05, 4.69) is 0 Å². The molecule has 0 atom stereocenters. The number of carbonyl (C=O) groups is 1. The van der Waals surface area contributed by atoms with Gasteiger partial charge in [-0.05, 0) is 24.1 Å². The van der Waals surface area contributed by atoms with Gasteiger partial charge in [-0.25, -0.2) is 4.39 Å². The molecule has 0 spiro atoms. The van der Waals surface area contributed by atoms with E-state index in [0.717, 1.165) is 5.56 Å². The lowest BCUT2D eigenvalue weighted by molar-refractivity contribution is -0.130. The number of hydrogen-bond donors (Lipinski definition) is 1. The summed E-state index contributed by atoms with van der Waals surface area (Å²) in [6.45, 7) is 0.296. The molecule has 0 saturated carbocycles. The zero-order valence-electron chi connectivity index (χ0n) is 9.32. The number of hydrogen-bond acceptors (Lipinski definition) is 2. The Morgan fingerprint density at radius 2 is 2.25 bits per heavy atom. The summed E-state index contributed by atoms with van der Waals surface area (Å²) in [7, 11) is 1.64. The fraction of sp³-hybridized carbons (Fsp3) is 0.417. The molecule has 1 N–H and O–H groups in total. The van der Waals surface area contributed by atoms with Crippen LogP contribution in [0.5, 0.6) is 0 Å². The summed E-state index contributed by atoms with van der Waals surface area (Å²) in [4.78, 5) is 13.0. The van der Waals surface area contributed by atoms with Gasteiger partial charge in [-0.3, -0.25) is 4.79 Å². The second kappa shape index (κ2) is 6.23. The maximum absolute atomic E-state index is 12.8. The lowest BCUT2D eigenvalue weighted by Crippen LogP contribution is -2.29. The maximum Gasteiger partial charge on any atom is 0.222 e. The van der Waals surface area contributed by atoms with Crippen molar-refractivity contribution in [3.63, 3.8) is 0 Å². The molecular formula is C12H16FNO2. The number of benzene rings is 1. The summed E-state index contributed by atoms with van der Waals surface area (Å²) in [5, 5.41) is 8.66. The Morgan fingerprint density at radius 1 is 1.50 bits per heavy atom. The SMILES string of the molecule is CN(CCO)C(=O)CCc1cccc(F)c1. The van der Waals surface area contributed by atoms with E-state index < -0.39 is 0 Å². The Labute approximate surface area is 94.5 Å². The number of likely N-dealkylation sites (N-methyl/N-ethyl adjacent to an activating group) is 1. The van der Waals surface area contributed by atoms with E-state index in [1.54, 1.807) is 19.2 Å². The molecule has 88 valence electrons. The zero-order chi connectivity index (χ0) is 12.0. The fourth-order valence-electron chi connectivity index (χ4n) is 1.41. The van der Waals surface area contributed by atoms with E-state index >= 15 is 0 Å². The number of rotatable bonds is 5. The average molecular weight is 225 g/mol. The van der Waals surface area contributed by atoms with Crippen LogP contribution in [0.4, 0.5) is 4.39 Å². The molecule has 0 fully saturated rings. The molecule has 0 aromatic heterocycles. The van der Waals surface area contributed by atoms with Gasteiger partial charge in [-0.1, -0.05) is 12.1 Å². The van der Waals surface area contributed by atoms with Crippen molar-refractivity contribution >= 4 is 5.91 Å². The van der Waals surface area contributed by atoms with Gasteiger partial charge < -0.3 is 10.0 Å². The van der Waals surface area contributed by atoms with Crippen LogP contribution in [0.15, 0.2) is 24.3 Å². The minimum absolute atomic E-state index is 0.0395. The number of amides is 1. The number of aryl methyl sites for hydroxylation is 1. The standard InChI is InChI=1S/C12H16FNO2/c1-14(7-8-15)12(16)6-5-10-3-2-4-11(13)9-10/h2-4,9,15H,5-8H2,1H3. The number of aliphatic hydroxyl groups excluding tert-OH is 1. The summed E-state index contributed by atoms with van der Waals surface area (Å²) in [5.74, 6) is -0.327. The normalized spacial score (nSPS) is 10.2. The van der Waals surface area contributed by atoms with Crippen molar-refractivity contribution < 1.29 is 14.3 Å². The monoisotopic (exact) mass is 225 g/mol. The highest BCUT2D eigenvalue weighted by Gasteiger charge is 2.07. The molecule has 1 aromatic rings. The van der Waals surface area contributed by atoms with Crippen molar-refractivity contribution in [3.05, 3.63) is 35.6 Å². The van der Waals surface area contributed by atoms with Crippen molar-refractivity contribution in [2.45, 2.75) is 12.8 Å². The Bertz CT molecular complexity index is 355. The van der Waals surface area contributed by atoms with Crippen LogP contribution in [-0.2, 0) is 11.2 Å². The summed E-state index contributed by atoms with van der Waals surface area (Å²) >= 11 is 0. The Morgan fingerprint density at radius 3 is 2.88 bits per heavy atom. The molecule has 0 aliphatic rings. The van der Waals surface area contributed by atoms with Crippen molar-refractivity contribution in [1.29, 1.82) is 0 Å². The number of halogens is 1. The van der Waals surface area contributed by atoms with Crippen LogP contribution < -0.4 is 0 Å². The van der Waals surface area contributed by atoms with Gasteiger partial charge in [-0.15, -0.1) is 0 Å². The molecule has 0 heterocycles. The van der Waals surface area contributed by atoms with Crippen molar-refractivity contribution in [3.8, 4) is 0 Å². The van der Waals surface area contributed by atoms with Gasteiger partial charge in [-0.2, -0.15) is 0 Å². The third-order valence-corrected chi connectivity index (χ3v) is 2.38. The molecule has 1 rings (SSSR count). The zero-order valence-corrected chi connectivity index (χ0v) is 9.32. The number of nitrogens with zero attached hydrogens (tertiary/aromatic N) is 1. The summed E-state index contributed by atoms with van der Waals surface area (Å²) in [6.07, 6.45) is 0.853. The molecule has 1 aromatic carbocycles. The molecule has 4 heteroatoms. The third kappa shape index (κ3) is 3.98. The highest BCUT2D eigenvalue weighted by atomic mass is 19.1. The lowest BCUT2D eigenvalue weighted by atomic mass is 10.1. The van der Waals surface area contributed by atoms with Gasteiger partial charge in [0.1, 0.15) is 5.82 Å². The molecule has 3 nitrogen and oxygen atoms in total. The smallest absolute Gasteiger partial charge is 0.222 e. The minimum Gasteiger partial charge on any atom is -0.395 e. The van der Waals surface area contributed by atoms with Gasteiger partial charge in [0, 0.05) is 20.0 Å². The van der Waals surface area contributed by atoms with Crippen molar-refractivity contribution in [1.82, 2.24) is 4.90 Å². The Balaban J connectivity index is 2.42. The molecule has 0 saturated heterocycles. The van der Waals surface area contributed by atoms with Crippen LogP contribution >= 0.6 is 0 Å². The van der Waals surface area contributed by atoms with Gasteiger partial charge in [0.2, 0.25) is 5.91 Å². The fourth-order valence-corrected chi connectivity index (χ4v) is 1.41. The molecule has 0 bridgehead atoms. The first kappa shape index (κ1) is 12.6. The lowest BCUT2D eigenvalue weighted by Gasteiger charge is -2.15. The largest absolute Gasteiger partial charge is 0.395 e. The first-order valence-electron chi connectivity index (χ1n) is 5.22. The van der Waals surface area contributed by atoms with E-state index in [4.69, 9.17) is 5.11 Å². The molecule has 0 aliphatic heterocycles. The predicted molar refractivity (Wildman–Crippen MR) is 59.4 cm³/mol. The van der Waals surface area contributed by atoms with Gasteiger partial charge in [0.25, 0.3) is 0 Å². The van der Waals surface area contributed by atoms with E-state index in [9.17, 15) is 9.18 Å². The molecule has 1 amide bonds. The predicted octanol–water partition coefficient (Wildman–Crippen LogP) is 1.21. The van der Waals surface area contributed by atoms with Crippen LogP contribution in [0, 0.1) is 5.82 Å². The Kier molecular flexibility index (Phi) is 4.92. The minimum atomic E-state index is -0.284. The van der Waals surface area contributed by atoms with E-state index in [0.29, 0.717) is 19.4 Å². The van der Waals surface area contributed by atoms with Crippen molar-refractivity contribution in [2.24, 2.45) is 0 Å². The molecule has 16 heavy (non-hydrogen) atoms. The van der Waals surface area contributed by atoms with E-state index in [1.165, 1.54) is 17.0 Å². The first-order chi connectivity index (χ1) is 7.63. The topological polar surface area (TPSA) is 40.5 Å². The summed E-state index contributed by atoms with van der Waals surface area (Å²) in [5.41, 5.74) is 0.811. The highest BCUT2D eigenvalue weighted by molar-refractivity contribution is 5.76. The van der Waals surface area contributed by atoms with Gasteiger partial charge >= 0.3 is 0 Å². The first-order valence-corrected chi connectivity index (χ1v) is 5.22. The molecule has 0 aliphatic carbocycles. The third-order valence-electron chi connectivity index (χ3n) is 2.38. The van der Waals surface area contributed by atoms with E-state index in [1.807, 2.05) is 0 Å².